The Balaban J connectivity index is 1.85. The molecule has 1 saturated carbocycles. The maximum Gasteiger partial charge on any atom is 0.323 e. The smallest absolute Gasteiger partial charge is 0.323 e. The third-order valence-corrected chi connectivity index (χ3v) is 4.42. The lowest BCUT2D eigenvalue weighted by atomic mass is 9.80. The van der Waals surface area contributed by atoms with E-state index in [0.717, 1.165) is 45.4 Å². The molecule has 2 N–H and O–H groups in total. The monoisotopic (exact) mass is 285 g/mol. The van der Waals surface area contributed by atoms with Crippen molar-refractivity contribution in [3.63, 3.8) is 0 Å². The molecule has 5 nitrogen and oxygen atoms in total. The van der Waals surface area contributed by atoms with E-state index < -0.39 is 11.5 Å². The molecule has 2 fully saturated rings. The fraction of sp³-hybridized carbons (Fsp3) is 0.933. The van der Waals surface area contributed by atoms with Gasteiger partial charge in [0, 0.05) is 18.9 Å². The van der Waals surface area contributed by atoms with Gasteiger partial charge in [-0.15, -0.1) is 0 Å². The summed E-state index contributed by atoms with van der Waals surface area (Å²) in [5.74, 6) is -0.247. The van der Waals surface area contributed by atoms with Crippen LogP contribution in [-0.2, 0) is 14.3 Å². The highest BCUT2D eigenvalue weighted by Gasteiger charge is 2.42. The van der Waals surface area contributed by atoms with Gasteiger partial charge >= 0.3 is 5.97 Å². The van der Waals surface area contributed by atoms with E-state index in [9.17, 15) is 9.90 Å². The summed E-state index contributed by atoms with van der Waals surface area (Å²) >= 11 is 0. The van der Waals surface area contributed by atoms with E-state index in [-0.39, 0.29) is 6.10 Å². The molecule has 0 aromatic carbocycles. The Morgan fingerprint density at radius 1 is 1.50 bits per heavy atom. The van der Waals surface area contributed by atoms with Crippen molar-refractivity contribution in [2.45, 2.75) is 57.1 Å². The van der Waals surface area contributed by atoms with Crippen molar-refractivity contribution in [3.8, 4) is 0 Å². The van der Waals surface area contributed by atoms with E-state index >= 15 is 0 Å². The van der Waals surface area contributed by atoms with Gasteiger partial charge in [0.1, 0.15) is 5.54 Å². The van der Waals surface area contributed by atoms with Crippen LogP contribution in [0.1, 0.15) is 45.4 Å². The topological polar surface area (TPSA) is 67.8 Å². The number of rotatable bonds is 7. The zero-order chi connectivity index (χ0) is 14.4. The van der Waals surface area contributed by atoms with Crippen LogP contribution in [0, 0.1) is 5.92 Å². The van der Waals surface area contributed by atoms with Gasteiger partial charge in [0.25, 0.3) is 0 Å². The number of ether oxygens (including phenoxy) is 2. The van der Waals surface area contributed by atoms with Crippen LogP contribution in [0.25, 0.3) is 0 Å². The standard InChI is InChI=1S/C15H27NO4/c1-2-7-16-15(14(17)18)6-3-4-13(9-15)20-11-12-5-8-19-10-12/h12-13,16H,2-11H2,1H3,(H,17,18). The van der Waals surface area contributed by atoms with Gasteiger partial charge < -0.3 is 19.9 Å². The lowest BCUT2D eigenvalue weighted by Crippen LogP contribution is -2.56. The Kier molecular flexibility index (Phi) is 5.81. The van der Waals surface area contributed by atoms with E-state index in [1.165, 1.54) is 0 Å². The molecule has 3 unspecified atom stereocenters. The van der Waals surface area contributed by atoms with Gasteiger partial charge in [0.2, 0.25) is 0 Å². The summed E-state index contributed by atoms with van der Waals surface area (Å²) in [6.07, 6.45) is 5.23. The molecule has 1 aliphatic carbocycles. The van der Waals surface area contributed by atoms with E-state index in [1.54, 1.807) is 0 Å². The molecule has 2 aliphatic rings. The second-order valence-corrected chi connectivity index (χ2v) is 6.10. The van der Waals surface area contributed by atoms with Crippen molar-refractivity contribution in [2.75, 3.05) is 26.4 Å². The molecule has 0 aromatic rings. The van der Waals surface area contributed by atoms with Gasteiger partial charge in [0.15, 0.2) is 0 Å². The average molecular weight is 285 g/mol. The Bertz CT molecular complexity index is 317. The minimum atomic E-state index is -0.787. The summed E-state index contributed by atoms with van der Waals surface area (Å²) in [5, 5.41) is 12.8. The lowest BCUT2D eigenvalue weighted by molar-refractivity contribution is -0.149. The normalized spacial score (nSPS) is 34.2. The Morgan fingerprint density at radius 3 is 3.00 bits per heavy atom. The minimum absolute atomic E-state index is 0.0600. The van der Waals surface area contributed by atoms with Crippen LogP contribution in [0.4, 0.5) is 0 Å². The largest absolute Gasteiger partial charge is 0.480 e. The third kappa shape index (κ3) is 3.93. The van der Waals surface area contributed by atoms with Crippen molar-refractivity contribution in [1.29, 1.82) is 0 Å². The Morgan fingerprint density at radius 2 is 2.35 bits per heavy atom. The molecule has 20 heavy (non-hydrogen) atoms. The highest BCUT2D eigenvalue weighted by atomic mass is 16.5. The predicted octanol–water partition coefficient (Wildman–Crippen LogP) is 1.81. The summed E-state index contributed by atoms with van der Waals surface area (Å²) < 4.78 is 11.3. The number of carboxylic acid groups (broad SMARTS) is 1. The fourth-order valence-corrected chi connectivity index (χ4v) is 3.15. The molecule has 1 heterocycles. The van der Waals surface area contributed by atoms with E-state index in [4.69, 9.17) is 9.47 Å². The Labute approximate surface area is 121 Å². The number of carbonyl (C=O) groups is 1. The van der Waals surface area contributed by atoms with Crippen molar-refractivity contribution >= 4 is 5.97 Å². The van der Waals surface area contributed by atoms with Gasteiger partial charge in [-0.3, -0.25) is 4.79 Å². The molecule has 0 radical (unpaired) electrons. The minimum Gasteiger partial charge on any atom is -0.480 e. The first-order valence-corrected chi connectivity index (χ1v) is 7.84. The summed E-state index contributed by atoms with van der Waals surface area (Å²) in [7, 11) is 0. The molecule has 0 spiro atoms. The van der Waals surface area contributed by atoms with Crippen molar-refractivity contribution in [3.05, 3.63) is 0 Å². The zero-order valence-electron chi connectivity index (χ0n) is 12.4. The number of hydrogen-bond acceptors (Lipinski definition) is 4. The molecule has 0 amide bonds. The second kappa shape index (κ2) is 7.38. The molecule has 3 atom stereocenters. The molecule has 116 valence electrons. The van der Waals surface area contributed by atoms with E-state index in [1.807, 2.05) is 0 Å². The second-order valence-electron chi connectivity index (χ2n) is 6.10. The van der Waals surface area contributed by atoms with Crippen LogP contribution in [0.2, 0.25) is 0 Å². The van der Waals surface area contributed by atoms with Crippen molar-refractivity contribution < 1.29 is 19.4 Å². The first kappa shape index (κ1) is 15.7. The first-order valence-electron chi connectivity index (χ1n) is 7.84. The quantitative estimate of drug-likeness (QED) is 0.746. The van der Waals surface area contributed by atoms with Crippen LogP contribution >= 0.6 is 0 Å². The number of hydrogen-bond donors (Lipinski definition) is 2. The molecule has 1 saturated heterocycles. The molecule has 5 heteroatoms. The summed E-state index contributed by atoms with van der Waals surface area (Å²) in [5.41, 5.74) is -0.787. The lowest BCUT2D eigenvalue weighted by Gasteiger charge is -2.38. The molecule has 2 rings (SSSR count). The summed E-state index contributed by atoms with van der Waals surface area (Å²) in [6.45, 7) is 5.11. The van der Waals surface area contributed by atoms with Gasteiger partial charge in [-0.2, -0.15) is 0 Å². The van der Waals surface area contributed by atoms with Crippen molar-refractivity contribution in [2.24, 2.45) is 5.92 Å². The van der Waals surface area contributed by atoms with Crippen LogP contribution in [0.15, 0.2) is 0 Å². The van der Waals surface area contributed by atoms with Gasteiger partial charge in [-0.05, 0) is 38.6 Å². The van der Waals surface area contributed by atoms with E-state index in [0.29, 0.717) is 25.4 Å². The first-order chi connectivity index (χ1) is 9.66. The average Bonchev–Trinajstić information content (AvgIpc) is 2.96. The fourth-order valence-electron chi connectivity index (χ4n) is 3.15. The maximum absolute atomic E-state index is 11.7. The van der Waals surface area contributed by atoms with Crippen LogP contribution in [0.5, 0.6) is 0 Å². The van der Waals surface area contributed by atoms with Crippen LogP contribution in [0.3, 0.4) is 0 Å². The number of aliphatic carboxylic acids is 1. The SMILES string of the molecule is CCCNC1(C(=O)O)CCCC(OCC2CCOC2)C1. The predicted molar refractivity (Wildman–Crippen MR) is 75.8 cm³/mol. The van der Waals surface area contributed by atoms with Gasteiger partial charge in [-0.25, -0.2) is 0 Å². The highest BCUT2D eigenvalue weighted by Crippen LogP contribution is 2.31. The zero-order valence-corrected chi connectivity index (χ0v) is 12.4. The summed E-state index contributed by atoms with van der Waals surface area (Å²) in [6, 6.07) is 0. The molecule has 0 aromatic heterocycles. The highest BCUT2D eigenvalue weighted by molar-refractivity contribution is 5.79. The molecular weight excluding hydrogens is 258 g/mol. The van der Waals surface area contributed by atoms with Crippen molar-refractivity contribution in [1.82, 2.24) is 5.32 Å². The molecular formula is C15H27NO4. The number of nitrogens with one attached hydrogen (secondary N) is 1. The maximum atomic E-state index is 11.7. The van der Waals surface area contributed by atoms with Crippen LogP contribution < -0.4 is 5.32 Å². The molecule has 1 aliphatic heterocycles. The molecule has 0 bridgehead atoms. The van der Waals surface area contributed by atoms with Gasteiger partial charge in [0.05, 0.1) is 19.3 Å². The van der Waals surface area contributed by atoms with Gasteiger partial charge in [-0.1, -0.05) is 6.92 Å². The van der Waals surface area contributed by atoms with E-state index in [2.05, 4.69) is 12.2 Å². The van der Waals surface area contributed by atoms with Crippen LogP contribution in [-0.4, -0.2) is 49.1 Å². The Hall–Kier alpha value is -0.650. The third-order valence-electron chi connectivity index (χ3n) is 4.42. The summed E-state index contributed by atoms with van der Waals surface area (Å²) in [4.78, 5) is 11.7. The number of carboxylic acids is 1.